The molecule has 8 heteroatoms. The van der Waals surface area contributed by atoms with Gasteiger partial charge in [-0.3, -0.25) is 4.79 Å². The number of aromatic hydroxyl groups is 1. The average Bonchev–Trinajstić information content (AvgIpc) is 2.60. The molecule has 2 aromatic carbocycles. The van der Waals surface area contributed by atoms with E-state index in [0.717, 1.165) is 18.2 Å². The molecule has 4 nitrogen and oxygen atoms in total. The van der Waals surface area contributed by atoms with Crippen LogP contribution in [0, 0.1) is 0 Å². The number of nitrogens with one attached hydrogen (secondary N) is 1. The molecule has 1 heterocycles. The van der Waals surface area contributed by atoms with E-state index in [2.05, 4.69) is 4.98 Å². The summed E-state index contributed by atoms with van der Waals surface area (Å²) in [6, 6.07) is 6.99. The maximum atomic E-state index is 13.2. The van der Waals surface area contributed by atoms with Crippen LogP contribution < -0.4 is 5.56 Å². The molecule has 27 heavy (non-hydrogen) atoms. The van der Waals surface area contributed by atoms with Crippen molar-refractivity contribution < 1.29 is 23.4 Å². The number of H-pyrrole nitrogens is 1. The normalized spacial score (nSPS) is 12.2. The zero-order valence-electron chi connectivity index (χ0n) is 13.6. The number of phenols is 1. The zero-order chi connectivity index (χ0) is 19.8. The van der Waals surface area contributed by atoms with Crippen molar-refractivity contribution >= 4 is 28.6 Å². The standard InChI is InChI=1S/C19H13ClF3NO3/c20-11-4-6-16(26)14(9-11)17-12(2-1-7-25)18(27)24-15-5-3-10(8-13(15)17)19(21,22)23/h1-6,8-9,25-26H,7H2,(H,24,27)/b2-1+. The molecular formula is C19H13ClF3NO3. The molecule has 0 bridgehead atoms. The van der Waals surface area contributed by atoms with Crippen LogP contribution in [0.1, 0.15) is 11.1 Å². The lowest BCUT2D eigenvalue weighted by molar-refractivity contribution is -0.137. The number of hydrogen-bond donors (Lipinski definition) is 3. The van der Waals surface area contributed by atoms with Crippen molar-refractivity contribution in [1.29, 1.82) is 0 Å². The number of aliphatic hydroxyl groups excluding tert-OH is 1. The van der Waals surface area contributed by atoms with E-state index in [9.17, 15) is 23.1 Å². The van der Waals surface area contributed by atoms with E-state index >= 15 is 0 Å². The topological polar surface area (TPSA) is 73.3 Å². The highest BCUT2D eigenvalue weighted by atomic mass is 35.5. The van der Waals surface area contributed by atoms with Gasteiger partial charge in [0.1, 0.15) is 5.75 Å². The molecule has 0 unspecified atom stereocenters. The minimum atomic E-state index is -4.58. The third-order valence-electron chi connectivity index (χ3n) is 4.00. The van der Waals surface area contributed by atoms with Crippen LogP contribution in [0.15, 0.2) is 47.3 Å². The van der Waals surface area contributed by atoms with Crippen LogP contribution in [-0.4, -0.2) is 21.8 Å². The summed E-state index contributed by atoms with van der Waals surface area (Å²) in [7, 11) is 0. The van der Waals surface area contributed by atoms with Gasteiger partial charge in [0.2, 0.25) is 0 Å². The molecule has 3 rings (SSSR count). The molecular weight excluding hydrogens is 383 g/mol. The van der Waals surface area contributed by atoms with E-state index in [0.29, 0.717) is 0 Å². The van der Waals surface area contributed by atoms with E-state index in [1.807, 2.05) is 0 Å². The molecule has 0 aliphatic carbocycles. The molecule has 0 aliphatic heterocycles. The Morgan fingerprint density at radius 2 is 1.89 bits per heavy atom. The lowest BCUT2D eigenvalue weighted by Crippen LogP contribution is -2.13. The Labute approximate surface area is 156 Å². The number of rotatable bonds is 3. The molecule has 0 fully saturated rings. The monoisotopic (exact) mass is 395 g/mol. The van der Waals surface area contributed by atoms with Crippen molar-refractivity contribution in [3.63, 3.8) is 0 Å². The van der Waals surface area contributed by atoms with Gasteiger partial charge in [-0.15, -0.1) is 0 Å². The van der Waals surface area contributed by atoms with Gasteiger partial charge in [0.25, 0.3) is 5.56 Å². The Bertz CT molecular complexity index is 1100. The van der Waals surface area contributed by atoms with Gasteiger partial charge in [0.15, 0.2) is 0 Å². The number of fused-ring (bicyclic) bond motifs is 1. The number of pyridine rings is 1. The fraction of sp³-hybridized carbons (Fsp3) is 0.105. The van der Waals surface area contributed by atoms with Crippen LogP contribution in [0.5, 0.6) is 5.75 Å². The van der Waals surface area contributed by atoms with Crippen LogP contribution in [0.25, 0.3) is 28.1 Å². The van der Waals surface area contributed by atoms with Crippen molar-refractivity contribution in [2.45, 2.75) is 6.18 Å². The maximum Gasteiger partial charge on any atom is 0.416 e. The summed E-state index contributed by atoms with van der Waals surface area (Å²) in [4.78, 5) is 15.0. The number of halogens is 4. The summed E-state index contributed by atoms with van der Waals surface area (Å²) in [6.45, 7) is -0.374. The quantitative estimate of drug-likeness (QED) is 0.608. The maximum absolute atomic E-state index is 13.2. The van der Waals surface area contributed by atoms with Crippen LogP contribution >= 0.6 is 11.6 Å². The summed E-state index contributed by atoms with van der Waals surface area (Å²) in [5.41, 5.74) is -1.12. The first kappa shape index (κ1) is 19.0. The number of phenolic OH excluding ortho intramolecular Hbond substituents is 1. The van der Waals surface area contributed by atoms with Crippen molar-refractivity contribution in [3.8, 4) is 16.9 Å². The predicted octanol–water partition coefficient (Wildman–Crippen LogP) is 4.58. The first-order valence-electron chi connectivity index (χ1n) is 7.76. The highest BCUT2D eigenvalue weighted by molar-refractivity contribution is 6.31. The zero-order valence-corrected chi connectivity index (χ0v) is 14.4. The van der Waals surface area contributed by atoms with Crippen molar-refractivity contribution in [1.82, 2.24) is 4.98 Å². The molecule has 0 atom stereocenters. The molecule has 3 N–H and O–H groups in total. The molecule has 1 aromatic heterocycles. The Morgan fingerprint density at radius 1 is 1.15 bits per heavy atom. The van der Waals surface area contributed by atoms with Crippen LogP contribution in [0.3, 0.4) is 0 Å². The second-order valence-corrected chi connectivity index (χ2v) is 6.18. The third kappa shape index (κ3) is 3.70. The molecule has 0 saturated heterocycles. The largest absolute Gasteiger partial charge is 0.507 e. The van der Waals surface area contributed by atoms with Gasteiger partial charge >= 0.3 is 6.18 Å². The highest BCUT2D eigenvalue weighted by Gasteiger charge is 2.31. The molecule has 0 aliphatic rings. The Hall–Kier alpha value is -2.77. The Kier molecular flexibility index (Phi) is 4.99. The molecule has 3 aromatic rings. The predicted molar refractivity (Wildman–Crippen MR) is 97.8 cm³/mol. The average molecular weight is 396 g/mol. The summed E-state index contributed by atoms with van der Waals surface area (Å²) < 4.78 is 39.6. The number of aromatic nitrogens is 1. The van der Waals surface area contributed by atoms with Crippen LogP contribution in [0.2, 0.25) is 5.02 Å². The fourth-order valence-corrected chi connectivity index (χ4v) is 2.99. The number of benzene rings is 2. The van der Waals surface area contributed by atoms with E-state index < -0.39 is 17.3 Å². The number of alkyl halides is 3. The first-order valence-corrected chi connectivity index (χ1v) is 8.13. The van der Waals surface area contributed by atoms with Gasteiger partial charge in [-0.05, 0) is 36.4 Å². The van der Waals surface area contributed by atoms with Crippen molar-refractivity contribution in [2.24, 2.45) is 0 Å². The van der Waals surface area contributed by atoms with Crippen LogP contribution in [-0.2, 0) is 6.18 Å². The summed E-state index contributed by atoms with van der Waals surface area (Å²) >= 11 is 5.98. The first-order chi connectivity index (χ1) is 12.7. The highest BCUT2D eigenvalue weighted by Crippen LogP contribution is 2.39. The van der Waals surface area contributed by atoms with E-state index in [-0.39, 0.29) is 45.0 Å². The SMILES string of the molecule is O=c1[nH]c2ccc(C(F)(F)F)cc2c(-c2cc(Cl)ccc2O)c1/C=C/CO. The summed E-state index contributed by atoms with van der Waals surface area (Å²) in [5, 5.41) is 19.6. The van der Waals surface area contributed by atoms with Crippen LogP contribution in [0.4, 0.5) is 13.2 Å². The fourth-order valence-electron chi connectivity index (χ4n) is 2.81. The van der Waals surface area contributed by atoms with Crippen molar-refractivity contribution in [2.75, 3.05) is 6.61 Å². The third-order valence-corrected chi connectivity index (χ3v) is 4.23. The minimum absolute atomic E-state index is 0.00607. The summed E-state index contributed by atoms with van der Waals surface area (Å²) in [5.74, 6) is -0.248. The molecule has 0 amide bonds. The van der Waals surface area contributed by atoms with Gasteiger partial charge in [0, 0.05) is 32.6 Å². The van der Waals surface area contributed by atoms with Gasteiger partial charge < -0.3 is 15.2 Å². The van der Waals surface area contributed by atoms with Gasteiger partial charge in [0.05, 0.1) is 12.2 Å². The molecule has 0 radical (unpaired) electrons. The van der Waals surface area contributed by atoms with E-state index in [4.69, 9.17) is 16.7 Å². The number of aliphatic hydroxyl groups is 1. The van der Waals surface area contributed by atoms with Gasteiger partial charge in [-0.1, -0.05) is 23.8 Å². The molecule has 140 valence electrons. The second-order valence-electron chi connectivity index (χ2n) is 5.75. The minimum Gasteiger partial charge on any atom is -0.507 e. The van der Waals surface area contributed by atoms with Crippen molar-refractivity contribution in [3.05, 3.63) is 69.0 Å². The van der Waals surface area contributed by atoms with Gasteiger partial charge in [-0.2, -0.15) is 13.2 Å². The summed E-state index contributed by atoms with van der Waals surface area (Å²) in [6.07, 6.45) is -2.03. The van der Waals surface area contributed by atoms with E-state index in [1.165, 1.54) is 30.4 Å². The van der Waals surface area contributed by atoms with Gasteiger partial charge in [-0.25, -0.2) is 0 Å². The Balaban J connectivity index is 2.49. The lowest BCUT2D eigenvalue weighted by Gasteiger charge is -2.14. The second kappa shape index (κ2) is 7.09. The number of hydrogen-bond acceptors (Lipinski definition) is 3. The molecule has 0 saturated carbocycles. The Morgan fingerprint density at radius 3 is 2.56 bits per heavy atom. The lowest BCUT2D eigenvalue weighted by atomic mass is 9.94. The molecule has 0 spiro atoms. The smallest absolute Gasteiger partial charge is 0.416 e. The van der Waals surface area contributed by atoms with E-state index in [1.54, 1.807) is 0 Å². The number of aromatic amines is 1.